The molecule has 0 aliphatic rings. The van der Waals surface area contributed by atoms with Crippen LogP contribution in [0.15, 0.2) is 36.5 Å². The number of hydrogen-bond donors (Lipinski definition) is 3. The van der Waals surface area contributed by atoms with Crippen LogP contribution in [-0.4, -0.2) is 41.9 Å². The molecule has 7 heteroatoms. The quantitative estimate of drug-likeness (QED) is 0.0360. The number of carbonyl (C=O) groups is 1. The molecule has 6 nitrogen and oxygen atoms in total. The van der Waals surface area contributed by atoms with Gasteiger partial charge in [0.1, 0.15) is 0 Å². The second kappa shape index (κ2) is 33.5. The number of unbranched alkanes of at least 4 members (excludes halogenated alkanes) is 22. The van der Waals surface area contributed by atoms with Crippen LogP contribution in [0, 0.1) is 0 Å². The maximum Gasteiger partial charge on any atom is 0.267 e. The summed E-state index contributed by atoms with van der Waals surface area (Å²) in [6, 6.07) is -1.08. The van der Waals surface area contributed by atoms with Crippen LogP contribution in [0.25, 0.3) is 0 Å². The molecule has 0 radical (unpaired) electrons. The lowest BCUT2D eigenvalue weighted by atomic mass is 10.0. The molecule has 2 unspecified atom stereocenters. The minimum absolute atomic E-state index is 0.287. The number of nitrogens with one attached hydrogen (secondary N) is 1. The number of hydrogen-bond acceptors (Lipinski definition) is 4. The molecule has 0 rings (SSSR count). The van der Waals surface area contributed by atoms with Crippen molar-refractivity contribution in [3.63, 3.8) is 0 Å². The summed E-state index contributed by atoms with van der Waals surface area (Å²) in [7, 11) is -4.35. The van der Waals surface area contributed by atoms with Gasteiger partial charge < -0.3 is 10.4 Å². The van der Waals surface area contributed by atoms with Gasteiger partial charge in [-0.1, -0.05) is 172 Å². The van der Waals surface area contributed by atoms with Crippen LogP contribution in [-0.2, 0) is 14.9 Å². The summed E-state index contributed by atoms with van der Waals surface area (Å²) in [4.78, 5) is 12.4. The minimum atomic E-state index is -4.35. The van der Waals surface area contributed by atoms with Crippen molar-refractivity contribution in [1.82, 2.24) is 5.32 Å². The van der Waals surface area contributed by atoms with E-state index in [2.05, 4.69) is 43.5 Å². The lowest BCUT2D eigenvalue weighted by molar-refractivity contribution is -0.122. The molecule has 0 saturated carbocycles. The Hall–Kier alpha value is -1.44. The first-order valence-electron chi connectivity index (χ1n) is 19.2. The van der Waals surface area contributed by atoms with E-state index >= 15 is 0 Å². The zero-order chi connectivity index (χ0) is 34.0. The van der Waals surface area contributed by atoms with Crippen molar-refractivity contribution in [3.05, 3.63) is 36.5 Å². The van der Waals surface area contributed by atoms with Crippen LogP contribution in [0.3, 0.4) is 0 Å². The van der Waals surface area contributed by atoms with Crippen molar-refractivity contribution in [2.24, 2.45) is 0 Å². The standard InChI is InChI=1S/C39H73NO5S/c1-3-5-7-9-11-13-15-17-18-19-20-21-22-23-24-26-28-30-32-34-38(41)37(36-46(43,44)45)40-39(42)35-33-31-29-27-25-16-14-12-10-8-6-4-2/h20-21,24,26,32,34,37-38,41H,3-19,22-23,25,27-31,33,35-36H2,1-2H3,(H,40,42)(H,43,44,45)/b21-20+,26-24+,34-32+. The lowest BCUT2D eigenvalue weighted by Crippen LogP contribution is -2.46. The van der Waals surface area contributed by atoms with Crippen LogP contribution in [0.2, 0.25) is 0 Å². The van der Waals surface area contributed by atoms with Crippen molar-refractivity contribution in [2.45, 2.75) is 199 Å². The van der Waals surface area contributed by atoms with Crippen molar-refractivity contribution in [3.8, 4) is 0 Å². The Morgan fingerprint density at radius 3 is 1.37 bits per heavy atom. The molecule has 0 aromatic carbocycles. The fourth-order valence-electron chi connectivity index (χ4n) is 5.66. The van der Waals surface area contributed by atoms with E-state index in [1.54, 1.807) is 6.08 Å². The molecule has 0 fully saturated rings. The summed E-state index contributed by atoms with van der Waals surface area (Å²) < 4.78 is 32.4. The molecule has 0 saturated heterocycles. The summed E-state index contributed by atoms with van der Waals surface area (Å²) in [6.45, 7) is 4.50. The maximum atomic E-state index is 12.4. The number of amides is 1. The van der Waals surface area contributed by atoms with Gasteiger partial charge in [0.25, 0.3) is 10.1 Å². The number of allylic oxidation sites excluding steroid dienone is 5. The summed E-state index contributed by atoms with van der Waals surface area (Å²) >= 11 is 0. The fraction of sp³-hybridized carbons (Fsp3) is 0.821. The average molecular weight is 668 g/mol. The first-order valence-corrected chi connectivity index (χ1v) is 20.8. The fourth-order valence-corrected chi connectivity index (χ4v) is 6.39. The highest BCUT2D eigenvalue weighted by molar-refractivity contribution is 7.85. The lowest BCUT2D eigenvalue weighted by Gasteiger charge is -2.21. The van der Waals surface area contributed by atoms with Gasteiger partial charge in [0.05, 0.1) is 17.9 Å². The number of rotatable bonds is 34. The number of carbonyl (C=O) groups excluding carboxylic acids is 1. The Kier molecular flexibility index (Phi) is 32.4. The molecular weight excluding hydrogens is 594 g/mol. The molecule has 1 amide bonds. The molecule has 0 aromatic heterocycles. The predicted molar refractivity (Wildman–Crippen MR) is 198 cm³/mol. The van der Waals surface area contributed by atoms with Gasteiger partial charge in [-0.2, -0.15) is 8.42 Å². The first-order chi connectivity index (χ1) is 22.3. The molecule has 46 heavy (non-hydrogen) atoms. The molecule has 270 valence electrons. The second-order valence-corrected chi connectivity index (χ2v) is 14.7. The summed E-state index contributed by atoms with van der Waals surface area (Å²) in [5, 5.41) is 13.2. The van der Waals surface area contributed by atoms with Crippen molar-refractivity contribution in [1.29, 1.82) is 0 Å². The molecule has 0 bridgehead atoms. The molecule has 0 spiro atoms. The molecule has 0 heterocycles. The van der Waals surface area contributed by atoms with Crippen LogP contribution in [0.4, 0.5) is 0 Å². The van der Waals surface area contributed by atoms with E-state index < -0.39 is 28.0 Å². The third-order valence-corrected chi connectivity index (χ3v) is 9.33. The Balaban J connectivity index is 4.03. The zero-order valence-corrected chi connectivity index (χ0v) is 30.8. The third-order valence-electron chi connectivity index (χ3n) is 8.55. The molecule has 3 N–H and O–H groups in total. The molecule has 0 aliphatic carbocycles. The topological polar surface area (TPSA) is 104 Å². The first kappa shape index (κ1) is 44.6. The molecular formula is C39H73NO5S. The van der Waals surface area contributed by atoms with Gasteiger partial charge >= 0.3 is 0 Å². The highest BCUT2D eigenvalue weighted by Gasteiger charge is 2.24. The van der Waals surface area contributed by atoms with Gasteiger partial charge in [-0.15, -0.1) is 0 Å². The largest absolute Gasteiger partial charge is 0.387 e. The van der Waals surface area contributed by atoms with Crippen LogP contribution >= 0.6 is 0 Å². The van der Waals surface area contributed by atoms with E-state index in [1.165, 1.54) is 128 Å². The van der Waals surface area contributed by atoms with Gasteiger partial charge in [-0.05, 0) is 44.9 Å². The van der Waals surface area contributed by atoms with E-state index in [9.17, 15) is 22.9 Å². The zero-order valence-electron chi connectivity index (χ0n) is 29.9. The van der Waals surface area contributed by atoms with E-state index in [-0.39, 0.29) is 12.3 Å². The van der Waals surface area contributed by atoms with E-state index in [0.29, 0.717) is 6.42 Å². The van der Waals surface area contributed by atoms with Crippen LogP contribution in [0.1, 0.15) is 187 Å². The van der Waals surface area contributed by atoms with Gasteiger partial charge in [-0.25, -0.2) is 0 Å². The smallest absolute Gasteiger partial charge is 0.267 e. The number of aliphatic hydroxyl groups is 1. The van der Waals surface area contributed by atoms with E-state index in [0.717, 1.165) is 38.5 Å². The summed E-state index contributed by atoms with van der Waals surface area (Å²) in [5.41, 5.74) is 0. The van der Waals surface area contributed by atoms with Gasteiger partial charge in [0.2, 0.25) is 5.91 Å². The van der Waals surface area contributed by atoms with Gasteiger partial charge in [0, 0.05) is 6.42 Å². The van der Waals surface area contributed by atoms with Crippen molar-refractivity contribution in [2.75, 3.05) is 5.75 Å². The summed E-state index contributed by atoms with van der Waals surface area (Å²) in [5.74, 6) is -1.01. The maximum absolute atomic E-state index is 12.4. The van der Waals surface area contributed by atoms with E-state index in [1.807, 2.05) is 0 Å². The summed E-state index contributed by atoms with van der Waals surface area (Å²) in [6.07, 6.45) is 42.7. The van der Waals surface area contributed by atoms with Gasteiger partial charge in [-0.3, -0.25) is 9.35 Å². The van der Waals surface area contributed by atoms with Crippen molar-refractivity contribution >= 4 is 16.0 Å². The minimum Gasteiger partial charge on any atom is -0.387 e. The Morgan fingerprint density at radius 1 is 0.565 bits per heavy atom. The molecule has 2 atom stereocenters. The van der Waals surface area contributed by atoms with Crippen LogP contribution in [0.5, 0.6) is 0 Å². The van der Waals surface area contributed by atoms with E-state index in [4.69, 9.17) is 0 Å². The molecule has 0 aliphatic heterocycles. The Bertz CT molecular complexity index is 868. The Labute approximate surface area is 285 Å². The van der Waals surface area contributed by atoms with Crippen molar-refractivity contribution < 1.29 is 22.9 Å². The predicted octanol–water partition coefficient (Wildman–Crippen LogP) is 11.0. The van der Waals surface area contributed by atoms with Crippen LogP contribution < -0.4 is 5.32 Å². The average Bonchev–Trinajstić information content (AvgIpc) is 3.01. The van der Waals surface area contributed by atoms with Gasteiger partial charge in [0.15, 0.2) is 0 Å². The highest BCUT2D eigenvalue weighted by atomic mass is 32.2. The second-order valence-electron chi connectivity index (χ2n) is 13.2. The normalized spacial score (nSPS) is 13.7. The molecule has 0 aromatic rings. The number of aliphatic hydroxyl groups excluding tert-OH is 1. The Morgan fingerprint density at radius 2 is 0.935 bits per heavy atom. The monoisotopic (exact) mass is 668 g/mol. The highest BCUT2D eigenvalue weighted by Crippen LogP contribution is 2.13. The SMILES string of the molecule is CCCCCCCCCCC/C=C/CC/C=C/CC/C=C/C(O)C(CS(=O)(=O)O)NC(=O)CCCCCCCCCCCCCC. The third kappa shape index (κ3) is 33.9.